The van der Waals surface area contributed by atoms with Crippen molar-refractivity contribution >= 4 is 60.5 Å². The van der Waals surface area contributed by atoms with E-state index in [0.29, 0.717) is 22.3 Å². The van der Waals surface area contributed by atoms with Gasteiger partial charge in [0, 0.05) is 50.8 Å². The van der Waals surface area contributed by atoms with Gasteiger partial charge < -0.3 is 13.7 Å². The highest BCUT2D eigenvalue weighted by atomic mass is 32.1. The van der Waals surface area contributed by atoms with Crippen LogP contribution in [0.15, 0.2) is 134 Å². The minimum Gasteiger partial charge on any atom is -0.422 e. The smallest absolute Gasteiger partial charge is 0.345 e. The predicted molar refractivity (Wildman–Crippen MR) is 191 cm³/mol. The molecule has 224 valence electrons. The number of hydrogen-bond acceptors (Lipinski definition) is 6. The van der Waals surface area contributed by atoms with Crippen molar-refractivity contribution in [3.8, 4) is 32.0 Å². The predicted octanol–water partition coefficient (Wildman–Crippen LogP) is 10.1. The molecular weight excluding hydrogens is 591 g/mol. The normalized spacial score (nSPS) is 11.6. The van der Waals surface area contributed by atoms with Gasteiger partial charge in [-0.2, -0.15) is 0 Å². The van der Waals surface area contributed by atoms with E-state index in [1.54, 1.807) is 11.3 Å². The lowest BCUT2D eigenvalue weighted by Gasteiger charge is -2.21. The molecule has 0 spiro atoms. The molecule has 0 fully saturated rings. The minimum absolute atomic E-state index is 0.348. The van der Waals surface area contributed by atoms with Gasteiger partial charge in [-0.15, -0.1) is 11.3 Å². The van der Waals surface area contributed by atoms with E-state index in [9.17, 15) is 9.59 Å². The van der Waals surface area contributed by atoms with Crippen LogP contribution in [0.1, 0.15) is 13.8 Å². The van der Waals surface area contributed by atoms with Gasteiger partial charge in [-0.05, 0) is 89.7 Å². The lowest BCUT2D eigenvalue weighted by Crippen LogP contribution is -2.21. The molecule has 5 nitrogen and oxygen atoms in total. The van der Waals surface area contributed by atoms with Crippen molar-refractivity contribution in [3.63, 3.8) is 0 Å². The molecule has 0 bridgehead atoms. The maximum absolute atomic E-state index is 13.2. The first-order valence-corrected chi connectivity index (χ1v) is 16.2. The fourth-order valence-corrected chi connectivity index (χ4v) is 7.32. The maximum atomic E-state index is 13.2. The van der Waals surface area contributed by atoms with Crippen molar-refractivity contribution < 1.29 is 8.83 Å². The van der Waals surface area contributed by atoms with Crippen molar-refractivity contribution in [3.05, 3.63) is 136 Å². The van der Waals surface area contributed by atoms with E-state index < -0.39 is 0 Å². The third kappa shape index (κ3) is 4.78. The second kappa shape index (κ2) is 11.2. The van der Waals surface area contributed by atoms with Crippen LogP contribution in [0.5, 0.6) is 0 Å². The Kier molecular flexibility index (Phi) is 6.80. The summed E-state index contributed by atoms with van der Waals surface area (Å²) in [6.07, 6.45) is 0. The van der Waals surface area contributed by atoms with E-state index in [0.717, 1.165) is 72.0 Å². The molecule has 0 aliphatic heterocycles. The summed E-state index contributed by atoms with van der Waals surface area (Å²) in [7, 11) is 0. The molecule has 0 N–H and O–H groups in total. The summed E-state index contributed by atoms with van der Waals surface area (Å²) < 4.78 is 11.7. The Bertz CT molecular complexity index is 2570. The standard InChI is InChI=1S/C40H29NO4S/c1-3-41(4-2)31-16-15-27-21-33(39(42)44-35(27)23-31)26-12-9-24-10-13-28(20-30(24)19-26)36-17-18-37(46-36)34-22-29-14-11-25-7-5-6-8-32(25)38(29)45-40(34)43/h5-23H,3-4H2,1-2H3. The van der Waals surface area contributed by atoms with Crippen molar-refractivity contribution in [1.29, 1.82) is 0 Å². The number of nitrogens with zero attached hydrogens (tertiary/aromatic N) is 1. The molecule has 0 aliphatic rings. The Balaban J connectivity index is 1.14. The second-order valence-electron chi connectivity index (χ2n) is 11.4. The molecule has 0 unspecified atom stereocenters. The number of hydrogen-bond donors (Lipinski definition) is 0. The fourth-order valence-electron chi connectivity index (χ4n) is 6.31. The maximum Gasteiger partial charge on any atom is 0.345 e. The fraction of sp³-hybridized carbons (Fsp3) is 0.100. The number of thiophene rings is 1. The van der Waals surface area contributed by atoms with Crippen LogP contribution in [0.4, 0.5) is 5.69 Å². The molecule has 8 rings (SSSR count). The Morgan fingerprint density at radius 1 is 0.565 bits per heavy atom. The first-order chi connectivity index (χ1) is 22.5. The number of benzene rings is 5. The monoisotopic (exact) mass is 619 g/mol. The summed E-state index contributed by atoms with van der Waals surface area (Å²) in [5, 5.41) is 5.83. The van der Waals surface area contributed by atoms with E-state index in [2.05, 4.69) is 49.1 Å². The van der Waals surface area contributed by atoms with Crippen molar-refractivity contribution in [2.75, 3.05) is 18.0 Å². The van der Waals surface area contributed by atoms with Crippen LogP contribution in [-0.2, 0) is 0 Å². The molecule has 0 amide bonds. The number of anilines is 1. The largest absolute Gasteiger partial charge is 0.422 e. The summed E-state index contributed by atoms with van der Waals surface area (Å²) in [6.45, 7) is 5.99. The zero-order valence-electron chi connectivity index (χ0n) is 25.4. The van der Waals surface area contributed by atoms with E-state index in [4.69, 9.17) is 8.83 Å². The third-order valence-corrected chi connectivity index (χ3v) is 9.95. The highest BCUT2D eigenvalue weighted by molar-refractivity contribution is 7.18. The average Bonchev–Trinajstić information content (AvgIpc) is 3.58. The van der Waals surface area contributed by atoms with Crippen molar-refractivity contribution in [1.82, 2.24) is 0 Å². The lowest BCUT2D eigenvalue weighted by atomic mass is 9.99. The molecule has 3 aromatic heterocycles. The Morgan fingerprint density at radius 2 is 1.24 bits per heavy atom. The van der Waals surface area contributed by atoms with Gasteiger partial charge in [0.25, 0.3) is 0 Å². The number of fused-ring (bicyclic) bond motifs is 5. The van der Waals surface area contributed by atoms with E-state index in [1.807, 2.05) is 84.9 Å². The Morgan fingerprint density at radius 3 is 2.09 bits per heavy atom. The minimum atomic E-state index is -0.357. The van der Waals surface area contributed by atoms with E-state index in [1.165, 1.54) is 0 Å². The molecule has 3 heterocycles. The molecule has 8 aromatic rings. The lowest BCUT2D eigenvalue weighted by molar-refractivity contribution is 0.563. The topological polar surface area (TPSA) is 63.7 Å². The van der Waals surface area contributed by atoms with Gasteiger partial charge in [0.05, 0.1) is 11.1 Å². The summed E-state index contributed by atoms with van der Waals surface area (Å²) in [5.41, 5.74) is 4.45. The van der Waals surface area contributed by atoms with Gasteiger partial charge in [0.2, 0.25) is 0 Å². The van der Waals surface area contributed by atoms with Crippen LogP contribution in [0.25, 0.3) is 75.5 Å². The molecule has 6 heteroatoms. The highest BCUT2D eigenvalue weighted by Crippen LogP contribution is 2.37. The van der Waals surface area contributed by atoms with Crippen LogP contribution in [0.3, 0.4) is 0 Å². The zero-order chi connectivity index (χ0) is 31.4. The number of rotatable bonds is 6. The first kappa shape index (κ1) is 28.0. The van der Waals surface area contributed by atoms with Gasteiger partial charge in [0.1, 0.15) is 11.2 Å². The van der Waals surface area contributed by atoms with Crippen molar-refractivity contribution in [2.45, 2.75) is 13.8 Å². The van der Waals surface area contributed by atoms with Gasteiger partial charge in [-0.3, -0.25) is 0 Å². The summed E-state index contributed by atoms with van der Waals surface area (Å²) in [5.74, 6) is 0. The molecule has 0 saturated carbocycles. The third-order valence-electron chi connectivity index (χ3n) is 8.78. The quantitative estimate of drug-likeness (QED) is 0.137. The van der Waals surface area contributed by atoms with Crippen LogP contribution in [0.2, 0.25) is 0 Å². The van der Waals surface area contributed by atoms with Gasteiger partial charge in [-0.25, -0.2) is 9.59 Å². The Labute approximate surface area is 268 Å². The molecule has 0 saturated heterocycles. The molecule has 0 atom stereocenters. The van der Waals surface area contributed by atoms with Crippen LogP contribution in [0, 0.1) is 0 Å². The second-order valence-corrected chi connectivity index (χ2v) is 12.5. The van der Waals surface area contributed by atoms with Crippen LogP contribution in [-0.4, -0.2) is 13.1 Å². The van der Waals surface area contributed by atoms with Crippen LogP contribution >= 0.6 is 11.3 Å². The molecular formula is C40H29NO4S. The summed E-state index contributed by atoms with van der Waals surface area (Å²) >= 11 is 1.56. The zero-order valence-corrected chi connectivity index (χ0v) is 26.2. The molecule has 0 radical (unpaired) electrons. The van der Waals surface area contributed by atoms with Gasteiger partial charge >= 0.3 is 11.3 Å². The highest BCUT2D eigenvalue weighted by Gasteiger charge is 2.15. The van der Waals surface area contributed by atoms with E-state index in [-0.39, 0.29) is 11.3 Å². The van der Waals surface area contributed by atoms with Gasteiger partial charge in [-0.1, -0.05) is 60.7 Å². The molecule has 5 aromatic carbocycles. The summed E-state index contributed by atoms with van der Waals surface area (Å²) in [4.78, 5) is 30.5. The van der Waals surface area contributed by atoms with E-state index >= 15 is 0 Å². The Hall–Kier alpha value is -5.46. The van der Waals surface area contributed by atoms with Crippen LogP contribution < -0.4 is 16.2 Å². The molecule has 46 heavy (non-hydrogen) atoms. The average molecular weight is 620 g/mol. The summed E-state index contributed by atoms with van der Waals surface area (Å²) in [6, 6.07) is 38.2. The molecule has 0 aliphatic carbocycles. The first-order valence-electron chi connectivity index (χ1n) is 15.4. The van der Waals surface area contributed by atoms with Gasteiger partial charge in [0.15, 0.2) is 0 Å². The SMILES string of the molecule is CCN(CC)c1ccc2cc(-c3ccc4ccc(-c5ccc(-c6cc7ccc8ccccc8c7oc6=O)s5)cc4c3)c(=O)oc2c1. The van der Waals surface area contributed by atoms with Crippen molar-refractivity contribution in [2.24, 2.45) is 0 Å².